The lowest BCUT2D eigenvalue weighted by Crippen LogP contribution is -2.29. The Morgan fingerprint density at radius 1 is 0.865 bits per heavy atom. The van der Waals surface area contributed by atoms with Gasteiger partial charge in [-0.05, 0) is 59.5 Å². The molecule has 1 saturated heterocycles. The first-order valence-electron chi connectivity index (χ1n) is 11.7. The van der Waals surface area contributed by atoms with Crippen molar-refractivity contribution in [3.05, 3.63) is 82.9 Å². The number of ketones is 1. The number of Topliss-reactive ketones (excluding diaryl/α,β-unsaturated/α-hetero) is 1. The van der Waals surface area contributed by atoms with Crippen molar-refractivity contribution in [3.63, 3.8) is 0 Å². The standard InChI is InChI=1S/C29H29NO7/c1-16(2)17-6-9-19(10-7-17)30-26(18-8-12-24(37-5)22(31)14-18)25(28(33)29(30)34)27(32)21-15-20(35-3)11-13-23(21)36-4/h6-16,26,31-32H,1-5H3/b27-25+. The average Bonchev–Trinajstić information content (AvgIpc) is 3.17. The largest absolute Gasteiger partial charge is 0.507 e. The summed E-state index contributed by atoms with van der Waals surface area (Å²) in [6.45, 7) is 4.12. The number of aliphatic hydroxyl groups is 1. The number of anilines is 1. The van der Waals surface area contributed by atoms with Gasteiger partial charge >= 0.3 is 0 Å². The SMILES string of the molecule is COc1ccc(OC)c(/C(O)=C2\C(=O)C(=O)N(c3ccc(C(C)C)cc3)C2c2ccc(OC)c(O)c2)c1. The van der Waals surface area contributed by atoms with Crippen molar-refractivity contribution in [1.29, 1.82) is 0 Å². The van der Waals surface area contributed by atoms with Crippen LogP contribution in [0.15, 0.2) is 66.2 Å². The molecule has 0 saturated carbocycles. The number of nitrogens with zero attached hydrogens (tertiary/aromatic N) is 1. The zero-order valence-electron chi connectivity index (χ0n) is 21.3. The summed E-state index contributed by atoms with van der Waals surface area (Å²) in [7, 11) is 4.34. The predicted molar refractivity (Wildman–Crippen MR) is 140 cm³/mol. The molecule has 2 N–H and O–H groups in total. The Balaban J connectivity index is 1.97. The number of carbonyl (C=O) groups excluding carboxylic acids is 2. The maximum absolute atomic E-state index is 13.5. The molecule has 1 fully saturated rings. The molecule has 192 valence electrons. The first kappa shape index (κ1) is 25.6. The summed E-state index contributed by atoms with van der Waals surface area (Å²) in [5.41, 5.74) is 2.00. The lowest BCUT2D eigenvalue weighted by molar-refractivity contribution is -0.132. The smallest absolute Gasteiger partial charge is 0.300 e. The highest BCUT2D eigenvalue weighted by Gasteiger charge is 2.47. The second-order valence-corrected chi connectivity index (χ2v) is 8.91. The minimum Gasteiger partial charge on any atom is -0.507 e. The van der Waals surface area contributed by atoms with Crippen LogP contribution < -0.4 is 19.1 Å². The van der Waals surface area contributed by atoms with Crippen molar-refractivity contribution in [2.45, 2.75) is 25.8 Å². The highest BCUT2D eigenvalue weighted by atomic mass is 16.5. The molecule has 1 aliphatic rings. The molecule has 8 nitrogen and oxygen atoms in total. The fourth-order valence-corrected chi connectivity index (χ4v) is 4.46. The number of hydrogen-bond acceptors (Lipinski definition) is 7. The minimum atomic E-state index is -1.03. The van der Waals surface area contributed by atoms with Crippen molar-refractivity contribution in [2.75, 3.05) is 26.2 Å². The number of phenols is 1. The molecule has 1 unspecified atom stereocenters. The van der Waals surface area contributed by atoms with Gasteiger partial charge < -0.3 is 24.4 Å². The molecule has 0 aliphatic carbocycles. The number of ether oxygens (including phenoxy) is 3. The number of benzene rings is 3. The minimum absolute atomic E-state index is 0.144. The van der Waals surface area contributed by atoms with Gasteiger partial charge in [0.2, 0.25) is 0 Å². The fourth-order valence-electron chi connectivity index (χ4n) is 4.46. The molecule has 37 heavy (non-hydrogen) atoms. The van der Waals surface area contributed by atoms with Crippen molar-refractivity contribution in [2.24, 2.45) is 0 Å². The van der Waals surface area contributed by atoms with Gasteiger partial charge in [0.1, 0.15) is 17.3 Å². The van der Waals surface area contributed by atoms with Crippen LogP contribution in [-0.4, -0.2) is 43.2 Å². The lowest BCUT2D eigenvalue weighted by Gasteiger charge is -2.26. The van der Waals surface area contributed by atoms with Gasteiger partial charge in [0, 0.05) is 5.69 Å². The van der Waals surface area contributed by atoms with Crippen molar-refractivity contribution < 1.29 is 34.0 Å². The lowest BCUT2D eigenvalue weighted by atomic mass is 9.94. The quantitative estimate of drug-likeness (QED) is 0.260. The van der Waals surface area contributed by atoms with E-state index in [1.807, 2.05) is 12.1 Å². The number of hydrogen-bond donors (Lipinski definition) is 2. The molecule has 4 rings (SSSR count). The van der Waals surface area contributed by atoms with E-state index < -0.39 is 23.5 Å². The Kier molecular flexibility index (Phi) is 7.11. The summed E-state index contributed by atoms with van der Waals surface area (Å²) in [5.74, 6) is -1.02. The van der Waals surface area contributed by atoms with Crippen LogP contribution in [0.5, 0.6) is 23.0 Å². The van der Waals surface area contributed by atoms with Gasteiger partial charge in [-0.25, -0.2) is 0 Å². The molecule has 1 heterocycles. The highest BCUT2D eigenvalue weighted by Crippen LogP contribution is 2.45. The Morgan fingerprint density at radius 2 is 1.51 bits per heavy atom. The molecular weight excluding hydrogens is 474 g/mol. The van der Waals surface area contributed by atoms with E-state index in [1.165, 1.54) is 38.4 Å². The number of rotatable bonds is 7. The first-order valence-corrected chi connectivity index (χ1v) is 11.7. The number of methoxy groups -OCH3 is 3. The maximum Gasteiger partial charge on any atom is 0.300 e. The highest BCUT2D eigenvalue weighted by molar-refractivity contribution is 6.51. The number of carbonyl (C=O) groups is 2. The third-order valence-corrected chi connectivity index (χ3v) is 6.46. The van der Waals surface area contributed by atoms with Gasteiger partial charge in [-0.1, -0.05) is 32.0 Å². The van der Waals surface area contributed by atoms with Crippen LogP contribution in [0.2, 0.25) is 0 Å². The summed E-state index contributed by atoms with van der Waals surface area (Å²) >= 11 is 0. The Labute approximate surface area is 215 Å². The van der Waals surface area contributed by atoms with Gasteiger partial charge in [0.05, 0.1) is 38.5 Å². The van der Waals surface area contributed by atoms with Crippen LogP contribution >= 0.6 is 0 Å². The average molecular weight is 504 g/mol. The van der Waals surface area contributed by atoms with E-state index in [-0.39, 0.29) is 28.6 Å². The summed E-state index contributed by atoms with van der Waals surface area (Å²) in [6.07, 6.45) is 0. The van der Waals surface area contributed by atoms with Gasteiger partial charge in [-0.15, -0.1) is 0 Å². The van der Waals surface area contributed by atoms with Crippen LogP contribution in [0.3, 0.4) is 0 Å². The third-order valence-electron chi connectivity index (χ3n) is 6.46. The topological polar surface area (TPSA) is 106 Å². The third kappa shape index (κ3) is 4.58. The van der Waals surface area contributed by atoms with E-state index in [9.17, 15) is 19.8 Å². The van der Waals surface area contributed by atoms with Crippen molar-refractivity contribution in [3.8, 4) is 23.0 Å². The summed E-state index contributed by atoms with van der Waals surface area (Å²) < 4.78 is 15.9. The normalized spacial score (nSPS) is 16.8. The Hall–Kier alpha value is -4.46. The molecule has 0 spiro atoms. The molecule has 3 aromatic carbocycles. The molecule has 0 aromatic heterocycles. The molecule has 0 radical (unpaired) electrons. The number of aliphatic hydroxyl groups excluding tert-OH is 1. The van der Waals surface area contributed by atoms with Crippen LogP contribution in [0.25, 0.3) is 5.76 Å². The first-order chi connectivity index (χ1) is 17.7. The fraction of sp³-hybridized carbons (Fsp3) is 0.241. The number of phenolic OH excluding ortho intramolecular Hbond substituents is 1. The summed E-state index contributed by atoms with van der Waals surface area (Å²) in [6, 6.07) is 15.7. The summed E-state index contributed by atoms with van der Waals surface area (Å²) in [4.78, 5) is 28.2. The molecular formula is C29H29NO7. The van der Waals surface area contributed by atoms with Gasteiger partial charge in [-0.2, -0.15) is 0 Å². The number of aromatic hydroxyl groups is 1. The molecule has 0 bridgehead atoms. The van der Waals surface area contributed by atoms with Crippen LogP contribution in [0, 0.1) is 0 Å². The zero-order valence-corrected chi connectivity index (χ0v) is 21.3. The molecule has 8 heteroatoms. The van der Waals surface area contributed by atoms with Gasteiger partial charge in [0.15, 0.2) is 11.5 Å². The number of amides is 1. The summed E-state index contributed by atoms with van der Waals surface area (Å²) in [5, 5.41) is 22.0. The molecule has 1 atom stereocenters. The van der Waals surface area contributed by atoms with E-state index >= 15 is 0 Å². The van der Waals surface area contributed by atoms with Crippen molar-refractivity contribution in [1.82, 2.24) is 0 Å². The van der Waals surface area contributed by atoms with E-state index in [0.717, 1.165) is 5.56 Å². The molecule has 1 aliphatic heterocycles. The van der Waals surface area contributed by atoms with Crippen molar-refractivity contribution >= 4 is 23.1 Å². The van der Waals surface area contributed by atoms with Crippen LogP contribution in [-0.2, 0) is 9.59 Å². The Bertz CT molecular complexity index is 1380. The second-order valence-electron chi connectivity index (χ2n) is 8.91. The van der Waals surface area contributed by atoms with Gasteiger partial charge in [-0.3, -0.25) is 14.5 Å². The monoisotopic (exact) mass is 503 g/mol. The predicted octanol–water partition coefficient (Wildman–Crippen LogP) is 5.17. The molecule has 1 amide bonds. The van der Waals surface area contributed by atoms with Gasteiger partial charge in [0.25, 0.3) is 11.7 Å². The van der Waals surface area contributed by atoms with E-state index in [4.69, 9.17) is 14.2 Å². The van der Waals surface area contributed by atoms with Crippen LogP contribution in [0.1, 0.15) is 42.5 Å². The van der Waals surface area contributed by atoms with E-state index in [1.54, 1.807) is 36.4 Å². The second kappa shape index (κ2) is 10.3. The van der Waals surface area contributed by atoms with Crippen LogP contribution in [0.4, 0.5) is 5.69 Å². The Morgan fingerprint density at radius 3 is 2.08 bits per heavy atom. The zero-order chi connectivity index (χ0) is 26.9. The van der Waals surface area contributed by atoms with E-state index in [2.05, 4.69) is 13.8 Å². The molecule has 3 aromatic rings. The maximum atomic E-state index is 13.5. The van der Waals surface area contributed by atoms with E-state index in [0.29, 0.717) is 22.7 Å².